The van der Waals surface area contributed by atoms with E-state index in [0.717, 1.165) is 41.9 Å². The van der Waals surface area contributed by atoms with E-state index in [1.807, 2.05) is 25.1 Å². The number of rotatable bonds is 13. The Balaban J connectivity index is 1.73. The maximum atomic E-state index is 11.5. The van der Waals surface area contributed by atoms with Gasteiger partial charge < -0.3 is 10.6 Å². The van der Waals surface area contributed by atoms with Gasteiger partial charge in [-0.2, -0.15) is 0 Å². The third-order valence-electron chi connectivity index (χ3n) is 4.58. The van der Waals surface area contributed by atoms with Crippen LogP contribution in [0.15, 0.2) is 35.7 Å². The molecule has 152 valence electrons. The van der Waals surface area contributed by atoms with Crippen molar-refractivity contribution >= 4 is 23.0 Å². The number of nitrogens with one attached hydrogen (secondary N) is 2. The lowest BCUT2D eigenvalue weighted by Gasteiger charge is -2.18. The average molecular weight is 402 g/mol. The number of thiazole rings is 1. The first-order valence-electron chi connectivity index (χ1n) is 10.1. The van der Waals surface area contributed by atoms with Crippen molar-refractivity contribution in [2.24, 2.45) is 0 Å². The molecule has 0 aliphatic heterocycles. The number of ketones is 1. The zero-order valence-electron chi connectivity index (χ0n) is 16.9. The molecular weight excluding hydrogens is 370 g/mol. The number of nitrogens with zero attached hydrogens (tertiary/aromatic N) is 1. The van der Waals surface area contributed by atoms with E-state index in [9.17, 15) is 9.59 Å². The van der Waals surface area contributed by atoms with E-state index in [4.69, 9.17) is 0 Å². The molecule has 1 unspecified atom stereocenters. The van der Waals surface area contributed by atoms with E-state index in [1.54, 1.807) is 18.3 Å². The monoisotopic (exact) mass is 401 g/mol. The van der Waals surface area contributed by atoms with Crippen molar-refractivity contribution in [2.75, 3.05) is 6.54 Å². The molecule has 1 aromatic carbocycles. The van der Waals surface area contributed by atoms with Crippen LogP contribution in [0, 0.1) is 0 Å². The molecule has 0 spiro atoms. The highest BCUT2D eigenvalue weighted by Crippen LogP contribution is 2.23. The van der Waals surface area contributed by atoms with Crippen LogP contribution in [0.1, 0.15) is 58.1 Å². The summed E-state index contributed by atoms with van der Waals surface area (Å²) in [5.74, 6) is 0.325. The summed E-state index contributed by atoms with van der Waals surface area (Å²) >= 11 is 1.65. The van der Waals surface area contributed by atoms with Crippen LogP contribution >= 0.6 is 11.3 Å². The summed E-state index contributed by atoms with van der Waals surface area (Å²) in [5.41, 5.74) is 2.15. The summed E-state index contributed by atoms with van der Waals surface area (Å²) in [6.45, 7) is 4.86. The molecule has 6 heteroatoms. The first kappa shape index (κ1) is 22.2. The summed E-state index contributed by atoms with van der Waals surface area (Å²) in [6, 6.07) is 10.3. The largest absolute Gasteiger partial charge is 0.352 e. The Morgan fingerprint density at radius 2 is 1.93 bits per heavy atom. The molecule has 0 bridgehead atoms. The minimum Gasteiger partial charge on any atom is -0.352 e. The highest BCUT2D eigenvalue weighted by atomic mass is 32.1. The smallest absolute Gasteiger partial charge is 0.217 e. The third-order valence-corrected chi connectivity index (χ3v) is 5.52. The zero-order chi connectivity index (χ0) is 20.2. The van der Waals surface area contributed by atoms with Crippen molar-refractivity contribution in [1.29, 1.82) is 0 Å². The van der Waals surface area contributed by atoms with E-state index in [-0.39, 0.29) is 11.9 Å². The van der Waals surface area contributed by atoms with Crippen LogP contribution < -0.4 is 10.6 Å². The average Bonchev–Trinajstić information content (AvgIpc) is 3.16. The topological polar surface area (TPSA) is 71.1 Å². The first-order chi connectivity index (χ1) is 13.6. The number of hydrogen-bond acceptors (Lipinski definition) is 5. The molecule has 2 aromatic rings. The first-order valence-corrected chi connectivity index (χ1v) is 11.0. The number of aromatic nitrogens is 1. The number of hydrogen-bond donors (Lipinski definition) is 2. The maximum absolute atomic E-state index is 11.5. The molecule has 0 saturated heterocycles. The van der Waals surface area contributed by atoms with Gasteiger partial charge in [-0.05, 0) is 12.8 Å². The van der Waals surface area contributed by atoms with Gasteiger partial charge in [-0.1, -0.05) is 50.1 Å². The molecule has 2 rings (SSSR count). The Morgan fingerprint density at radius 3 is 2.64 bits per heavy atom. The van der Waals surface area contributed by atoms with Crippen LogP contribution in [0.4, 0.5) is 0 Å². The van der Waals surface area contributed by atoms with Crippen LogP contribution in [-0.2, 0) is 16.1 Å². The van der Waals surface area contributed by atoms with Crippen molar-refractivity contribution in [3.8, 4) is 10.6 Å². The Labute approximate surface area is 172 Å². The van der Waals surface area contributed by atoms with Crippen LogP contribution in [0.2, 0.25) is 0 Å². The van der Waals surface area contributed by atoms with Crippen LogP contribution in [0.3, 0.4) is 0 Å². The van der Waals surface area contributed by atoms with Crippen molar-refractivity contribution in [3.05, 3.63) is 41.4 Å². The molecule has 1 atom stereocenters. The molecule has 1 aromatic heterocycles. The van der Waals surface area contributed by atoms with Crippen LogP contribution in [0.5, 0.6) is 0 Å². The summed E-state index contributed by atoms with van der Waals surface area (Å²) in [7, 11) is 0. The highest BCUT2D eigenvalue weighted by Gasteiger charge is 2.11. The minimum atomic E-state index is -0.00650. The fourth-order valence-corrected chi connectivity index (χ4v) is 3.88. The van der Waals surface area contributed by atoms with E-state index in [2.05, 4.69) is 33.1 Å². The molecule has 0 aliphatic carbocycles. The predicted molar refractivity (Wildman–Crippen MR) is 115 cm³/mol. The van der Waals surface area contributed by atoms with E-state index >= 15 is 0 Å². The molecule has 1 heterocycles. The minimum absolute atomic E-state index is 0.00650. The van der Waals surface area contributed by atoms with Crippen molar-refractivity contribution in [3.63, 3.8) is 0 Å². The number of Topliss-reactive ketones (excluding diaryl/α,β-unsaturated/α-hetero) is 1. The third kappa shape index (κ3) is 8.31. The fourth-order valence-electron chi connectivity index (χ4n) is 3.06. The number of carbonyl (C=O) groups excluding carboxylic acids is 2. The second kappa shape index (κ2) is 12.4. The number of benzene rings is 1. The zero-order valence-corrected chi connectivity index (χ0v) is 17.7. The van der Waals surface area contributed by atoms with Crippen LogP contribution in [-0.4, -0.2) is 29.3 Å². The van der Waals surface area contributed by atoms with Crippen molar-refractivity contribution in [1.82, 2.24) is 15.6 Å². The van der Waals surface area contributed by atoms with Crippen molar-refractivity contribution in [2.45, 2.75) is 65.0 Å². The lowest BCUT2D eigenvalue weighted by Crippen LogP contribution is -2.40. The SMILES string of the molecule is CCC(=O)CCCCCC(CNCc1csc(-c2ccccc2)n1)NC(C)=O. The van der Waals surface area contributed by atoms with Gasteiger partial charge in [-0.25, -0.2) is 4.98 Å². The Bertz CT molecular complexity index is 730. The second-order valence-electron chi connectivity index (χ2n) is 7.03. The molecule has 0 fully saturated rings. The fraction of sp³-hybridized carbons (Fsp3) is 0.500. The highest BCUT2D eigenvalue weighted by molar-refractivity contribution is 7.13. The van der Waals surface area contributed by atoms with E-state index in [1.165, 1.54) is 0 Å². The van der Waals surface area contributed by atoms with Gasteiger partial charge in [0.15, 0.2) is 0 Å². The second-order valence-corrected chi connectivity index (χ2v) is 7.89. The molecule has 2 N–H and O–H groups in total. The Hall–Kier alpha value is -2.05. The molecule has 0 aliphatic rings. The van der Waals surface area contributed by atoms with E-state index < -0.39 is 0 Å². The van der Waals surface area contributed by atoms with Gasteiger partial charge in [0, 0.05) is 49.8 Å². The van der Waals surface area contributed by atoms with Gasteiger partial charge >= 0.3 is 0 Å². The Kier molecular flexibility index (Phi) is 9.86. The van der Waals surface area contributed by atoms with Crippen molar-refractivity contribution < 1.29 is 9.59 Å². The van der Waals surface area contributed by atoms with Gasteiger partial charge in [-0.3, -0.25) is 9.59 Å². The molecule has 0 saturated carbocycles. The number of carbonyl (C=O) groups is 2. The van der Waals surface area contributed by atoms with Gasteiger partial charge in [0.25, 0.3) is 0 Å². The predicted octanol–water partition coefficient (Wildman–Crippen LogP) is 4.33. The summed E-state index contributed by atoms with van der Waals surface area (Å²) < 4.78 is 0. The molecule has 0 radical (unpaired) electrons. The molecular formula is C22H31N3O2S. The summed E-state index contributed by atoms with van der Waals surface area (Å²) in [5, 5.41) is 9.54. The lowest BCUT2D eigenvalue weighted by atomic mass is 10.0. The summed E-state index contributed by atoms with van der Waals surface area (Å²) in [6.07, 6.45) is 5.19. The van der Waals surface area contributed by atoms with Crippen LogP contribution in [0.25, 0.3) is 10.6 Å². The molecule has 1 amide bonds. The summed E-state index contributed by atoms with van der Waals surface area (Å²) in [4.78, 5) is 27.5. The number of amides is 1. The quantitative estimate of drug-likeness (QED) is 0.490. The maximum Gasteiger partial charge on any atom is 0.217 e. The normalized spacial score (nSPS) is 11.9. The standard InChI is InChI=1S/C22H31N3O2S/c1-3-21(27)13-9-5-8-12-19(24-17(2)26)14-23-15-20-16-28-22(25-20)18-10-6-4-7-11-18/h4,6-7,10-11,16,19,23H,3,5,8-9,12-15H2,1-2H3,(H,24,26). The lowest BCUT2D eigenvalue weighted by molar-refractivity contribution is -0.120. The molecule has 28 heavy (non-hydrogen) atoms. The van der Waals surface area contributed by atoms with Gasteiger partial charge in [-0.15, -0.1) is 11.3 Å². The Morgan fingerprint density at radius 1 is 1.14 bits per heavy atom. The van der Waals surface area contributed by atoms with Gasteiger partial charge in [0.1, 0.15) is 10.8 Å². The van der Waals surface area contributed by atoms with E-state index in [0.29, 0.717) is 31.7 Å². The molecule has 5 nitrogen and oxygen atoms in total. The van der Waals surface area contributed by atoms with Gasteiger partial charge in [0.05, 0.1) is 5.69 Å². The number of unbranched alkanes of at least 4 members (excludes halogenated alkanes) is 2. The van der Waals surface area contributed by atoms with Gasteiger partial charge in [0.2, 0.25) is 5.91 Å².